The maximum absolute atomic E-state index is 5.63. The van der Waals surface area contributed by atoms with Gasteiger partial charge >= 0.3 is 0 Å². The number of aromatic nitrogens is 1. The SMILES string of the molecule is CN(C)c1cc(CN)nc2ccccc12. The molecule has 0 atom stereocenters. The van der Waals surface area contributed by atoms with E-state index in [2.05, 4.69) is 16.0 Å². The van der Waals surface area contributed by atoms with Gasteiger partial charge in [-0.1, -0.05) is 18.2 Å². The highest BCUT2D eigenvalue weighted by Gasteiger charge is 2.05. The summed E-state index contributed by atoms with van der Waals surface area (Å²) >= 11 is 0. The number of para-hydroxylation sites is 1. The summed E-state index contributed by atoms with van der Waals surface area (Å²) in [5.41, 5.74) is 8.73. The van der Waals surface area contributed by atoms with Gasteiger partial charge in [-0.2, -0.15) is 0 Å². The van der Waals surface area contributed by atoms with Crippen molar-refractivity contribution in [3.63, 3.8) is 0 Å². The second kappa shape index (κ2) is 3.87. The number of nitrogens with zero attached hydrogens (tertiary/aromatic N) is 2. The fourth-order valence-electron chi connectivity index (χ4n) is 1.68. The van der Waals surface area contributed by atoms with Gasteiger partial charge in [-0.25, -0.2) is 0 Å². The molecule has 1 aromatic heterocycles. The molecule has 2 aromatic rings. The predicted molar refractivity (Wildman–Crippen MR) is 64.0 cm³/mol. The third-order valence-corrected chi connectivity index (χ3v) is 2.44. The van der Waals surface area contributed by atoms with Crippen molar-refractivity contribution in [1.82, 2.24) is 4.98 Å². The molecule has 0 fully saturated rings. The van der Waals surface area contributed by atoms with Gasteiger partial charge in [-0.3, -0.25) is 4.98 Å². The van der Waals surface area contributed by atoms with E-state index < -0.39 is 0 Å². The van der Waals surface area contributed by atoms with Gasteiger partial charge in [0.15, 0.2) is 0 Å². The van der Waals surface area contributed by atoms with Crippen molar-refractivity contribution in [2.24, 2.45) is 5.73 Å². The molecule has 0 unspecified atom stereocenters. The van der Waals surface area contributed by atoms with Crippen LogP contribution in [0, 0.1) is 0 Å². The molecule has 0 bridgehead atoms. The molecule has 1 aromatic carbocycles. The Bertz CT molecular complexity index is 477. The van der Waals surface area contributed by atoms with Crippen LogP contribution in [-0.2, 0) is 6.54 Å². The van der Waals surface area contributed by atoms with Crippen LogP contribution in [0.5, 0.6) is 0 Å². The summed E-state index contributed by atoms with van der Waals surface area (Å²) in [6, 6.07) is 10.2. The third-order valence-electron chi connectivity index (χ3n) is 2.44. The number of anilines is 1. The Morgan fingerprint density at radius 1 is 1.27 bits per heavy atom. The maximum atomic E-state index is 5.63. The van der Waals surface area contributed by atoms with Crippen LogP contribution < -0.4 is 10.6 Å². The lowest BCUT2D eigenvalue weighted by molar-refractivity contribution is 0.999. The van der Waals surface area contributed by atoms with Gasteiger partial charge in [0, 0.05) is 31.7 Å². The summed E-state index contributed by atoms with van der Waals surface area (Å²) in [7, 11) is 4.06. The zero-order valence-electron chi connectivity index (χ0n) is 9.07. The van der Waals surface area contributed by atoms with Gasteiger partial charge in [-0.05, 0) is 12.1 Å². The van der Waals surface area contributed by atoms with Crippen LogP contribution in [0.2, 0.25) is 0 Å². The molecule has 0 radical (unpaired) electrons. The van der Waals surface area contributed by atoms with Crippen molar-refractivity contribution in [3.8, 4) is 0 Å². The van der Waals surface area contributed by atoms with E-state index in [1.165, 1.54) is 11.1 Å². The minimum absolute atomic E-state index is 0.478. The second-order valence-corrected chi connectivity index (χ2v) is 3.75. The molecule has 0 spiro atoms. The van der Waals surface area contributed by atoms with Gasteiger partial charge in [0.25, 0.3) is 0 Å². The minimum atomic E-state index is 0.478. The Hall–Kier alpha value is -1.61. The first-order valence-electron chi connectivity index (χ1n) is 4.98. The number of nitrogens with two attached hydrogens (primary N) is 1. The van der Waals surface area contributed by atoms with Crippen molar-refractivity contribution >= 4 is 16.6 Å². The lowest BCUT2D eigenvalue weighted by Gasteiger charge is -2.16. The zero-order valence-corrected chi connectivity index (χ0v) is 9.07. The Labute approximate surface area is 89.5 Å². The molecular weight excluding hydrogens is 186 g/mol. The van der Waals surface area contributed by atoms with Gasteiger partial charge in [0.05, 0.1) is 11.2 Å². The summed E-state index contributed by atoms with van der Waals surface area (Å²) in [4.78, 5) is 6.57. The van der Waals surface area contributed by atoms with Gasteiger partial charge in [0.2, 0.25) is 0 Å². The van der Waals surface area contributed by atoms with Crippen LogP contribution in [0.15, 0.2) is 30.3 Å². The molecular formula is C12H15N3. The van der Waals surface area contributed by atoms with E-state index in [0.717, 1.165) is 11.2 Å². The molecule has 78 valence electrons. The molecule has 0 aliphatic heterocycles. The van der Waals surface area contributed by atoms with Crippen molar-refractivity contribution in [3.05, 3.63) is 36.0 Å². The van der Waals surface area contributed by atoms with E-state index in [-0.39, 0.29) is 0 Å². The number of hydrogen-bond donors (Lipinski definition) is 1. The number of pyridine rings is 1. The van der Waals surface area contributed by atoms with E-state index >= 15 is 0 Å². The Kier molecular flexibility index (Phi) is 2.56. The zero-order chi connectivity index (χ0) is 10.8. The maximum Gasteiger partial charge on any atom is 0.0726 e. The van der Waals surface area contributed by atoms with E-state index in [9.17, 15) is 0 Å². The number of benzene rings is 1. The fourth-order valence-corrected chi connectivity index (χ4v) is 1.68. The van der Waals surface area contributed by atoms with E-state index in [0.29, 0.717) is 6.54 Å². The van der Waals surface area contributed by atoms with Crippen LogP contribution >= 0.6 is 0 Å². The van der Waals surface area contributed by atoms with Crippen molar-refractivity contribution in [1.29, 1.82) is 0 Å². The highest BCUT2D eigenvalue weighted by Crippen LogP contribution is 2.24. The third kappa shape index (κ3) is 1.78. The summed E-state index contributed by atoms with van der Waals surface area (Å²) in [5.74, 6) is 0. The van der Waals surface area contributed by atoms with E-state index in [1.54, 1.807) is 0 Å². The van der Waals surface area contributed by atoms with Crippen molar-refractivity contribution < 1.29 is 0 Å². The van der Waals surface area contributed by atoms with Gasteiger partial charge in [0.1, 0.15) is 0 Å². The number of hydrogen-bond acceptors (Lipinski definition) is 3. The molecule has 3 nitrogen and oxygen atoms in total. The van der Waals surface area contributed by atoms with Crippen molar-refractivity contribution in [2.75, 3.05) is 19.0 Å². The average molecular weight is 201 g/mol. The molecule has 0 aliphatic carbocycles. The van der Waals surface area contributed by atoms with Crippen LogP contribution in [-0.4, -0.2) is 19.1 Å². The quantitative estimate of drug-likeness (QED) is 0.805. The first kappa shape index (κ1) is 9.93. The van der Waals surface area contributed by atoms with E-state index in [1.807, 2.05) is 38.4 Å². The Balaban J connectivity index is 2.74. The van der Waals surface area contributed by atoms with Crippen LogP contribution in [0.1, 0.15) is 5.69 Å². The Morgan fingerprint density at radius 3 is 2.67 bits per heavy atom. The van der Waals surface area contributed by atoms with Gasteiger partial charge < -0.3 is 10.6 Å². The predicted octanol–water partition coefficient (Wildman–Crippen LogP) is 1.76. The standard InChI is InChI=1S/C12H15N3/c1-15(2)12-7-9(8-13)14-11-6-4-3-5-10(11)12/h3-7H,8,13H2,1-2H3. The molecule has 0 saturated heterocycles. The summed E-state index contributed by atoms with van der Waals surface area (Å²) < 4.78 is 0. The van der Waals surface area contributed by atoms with Crippen LogP contribution in [0.4, 0.5) is 5.69 Å². The first-order valence-corrected chi connectivity index (χ1v) is 4.98. The van der Waals surface area contributed by atoms with Crippen LogP contribution in [0.25, 0.3) is 10.9 Å². The summed E-state index contributed by atoms with van der Waals surface area (Å²) in [6.45, 7) is 0.478. The lowest BCUT2D eigenvalue weighted by atomic mass is 10.1. The summed E-state index contributed by atoms with van der Waals surface area (Å²) in [6.07, 6.45) is 0. The molecule has 1 heterocycles. The molecule has 2 rings (SSSR count). The minimum Gasteiger partial charge on any atom is -0.377 e. The smallest absolute Gasteiger partial charge is 0.0726 e. The molecule has 0 saturated carbocycles. The normalized spacial score (nSPS) is 10.6. The molecule has 2 N–H and O–H groups in total. The monoisotopic (exact) mass is 201 g/mol. The number of rotatable bonds is 2. The Morgan fingerprint density at radius 2 is 2.00 bits per heavy atom. The molecule has 15 heavy (non-hydrogen) atoms. The molecule has 3 heteroatoms. The van der Waals surface area contributed by atoms with Gasteiger partial charge in [-0.15, -0.1) is 0 Å². The molecule has 0 aliphatic rings. The average Bonchev–Trinajstić information content (AvgIpc) is 2.27. The largest absolute Gasteiger partial charge is 0.377 e. The first-order chi connectivity index (χ1) is 7.22. The van der Waals surface area contributed by atoms with Crippen LogP contribution in [0.3, 0.4) is 0 Å². The van der Waals surface area contributed by atoms with Crippen molar-refractivity contribution in [2.45, 2.75) is 6.54 Å². The number of fused-ring (bicyclic) bond motifs is 1. The highest BCUT2D eigenvalue weighted by molar-refractivity contribution is 5.91. The lowest BCUT2D eigenvalue weighted by Crippen LogP contribution is -2.11. The highest BCUT2D eigenvalue weighted by atomic mass is 15.1. The fraction of sp³-hybridized carbons (Fsp3) is 0.250. The summed E-state index contributed by atoms with van der Waals surface area (Å²) in [5, 5.41) is 1.17. The topological polar surface area (TPSA) is 42.1 Å². The van der Waals surface area contributed by atoms with E-state index in [4.69, 9.17) is 5.73 Å². The second-order valence-electron chi connectivity index (χ2n) is 3.75. The molecule has 0 amide bonds.